The standard InChI is InChI=1S/C18H27N3O3S/c1-3-19(2)11-15-9-10-21(12-15)25(23,24)17-13-20(14-17)18(22)16-7-5-4-6-8-16/h4-8,15,17H,3,9-14H2,1-2H3/t15-/m0/s1. The summed E-state index contributed by atoms with van der Waals surface area (Å²) in [7, 11) is -1.24. The Morgan fingerprint density at radius 3 is 2.52 bits per heavy atom. The van der Waals surface area contributed by atoms with Gasteiger partial charge in [0.2, 0.25) is 10.0 Å². The third kappa shape index (κ3) is 3.88. The van der Waals surface area contributed by atoms with Gasteiger partial charge >= 0.3 is 0 Å². The summed E-state index contributed by atoms with van der Waals surface area (Å²) in [6.45, 7) is 5.83. The van der Waals surface area contributed by atoms with Crippen LogP contribution in [-0.4, -0.2) is 80.0 Å². The Bertz CT molecular complexity index is 702. The number of amides is 1. The highest BCUT2D eigenvalue weighted by Crippen LogP contribution is 2.27. The molecule has 2 fully saturated rings. The monoisotopic (exact) mass is 365 g/mol. The first-order valence-electron chi connectivity index (χ1n) is 8.93. The van der Waals surface area contributed by atoms with Gasteiger partial charge in [-0.15, -0.1) is 0 Å². The number of carbonyl (C=O) groups is 1. The van der Waals surface area contributed by atoms with Crippen molar-refractivity contribution in [2.75, 3.05) is 46.3 Å². The van der Waals surface area contributed by atoms with E-state index in [-0.39, 0.29) is 5.91 Å². The minimum Gasteiger partial charge on any atom is -0.336 e. The maximum absolute atomic E-state index is 12.8. The number of hydrogen-bond donors (Lipinski definition) is 0. The second-order valence-corrected chi connectivity index (χ2v) is 9.32. The molecule has 2 heterocycles. The van der Waals surface area contributed by atoms with E-state index < -0.39 is 15.3 Å². The number of carbonyl (C=O) groups excluding carboxylic acids is 1. The molecular weight excluding hydrogens is 338 g/mol. The first-order chi connectivity index (χ1) is 11.9. The molecule has 1 aromatic rings. The lowest BCUT2D eigenvalue weighted by Gasteiger charge is -2.40. The predicted molar refractivity (Wildman–Crippen MR) is 97.9 cm³/mol. The van der Waals surface area contributed by atoms with Crippen LogP contribution in [0.15, 0.2) is 30.3 Å². The third-order valence-electron chi connectivity index (χ3n) is 5.30. The van der Waals surface area contributed by atoms with Gasteiger partial charge in [0.25, 0.3) is 5.91 Å². The zero-order valence-electron chi connectivity index (χ0n) is 15.0. The van der Waals surface area contributed by atoms with E-state index in [0.717, 1.165) is 19.5 Å². The Morgan fingerprint density at radius 1 is 1.20 bits per heavy atom. The summed E-state index contributed by atoms with van der Waals surface area (Å²) in [4.78, 5) is 16.2. The van der Waals surface area contributed by atoms with Crippen molar-refractivity contribution in [3.8, 4) is 0 Å². The average molecular weight is 365 g/mol. The third-order valence-corrected chi connectivity index (χ3v) is 7.49. The van der Waals surface area contributed by atoms with Crippen LogP contribution in [0, 0.1) is 5.92 Å². The van der Waals surface area contributed by atoms with Crippen molar-refractivity contribution < 1.29 is 13.2 Å². The lowest BCUT2D eigenvalue weighted by molar-refractivity contribution is 0.0655. The zero-order chi connectivity index (χ0) is 18.0. The van der Waals surface area contributed by atoms with Gasteiger partial charge in [0.05, 0.1) is 0 Å². The highest BCUT2D eigenvalue weighted by Gasteiger charge is 2.44. The molecule has 6 nitrogen and oxygen atoms in total. The molecule has 0 spiro atoms. The zero-order valence-corrected chi connectivity index (χ0v) is 15.8. The van der Waals surface area contributed by atoms with Gasteiger partial charge in [-0.1, -0.05) is 25.1 Å². The molecule has 0 aliphatic carbocycles. The number of likely N-dealkylation sites (tertiary alicyclic amines) is 1. The van der Waals surface area contributed by atoms with Gasteiger partial charge in [-0.3, -0.25) is 4.79 Å². The van der Waals surface area contributed by atoms with Crippen molar-refractivity contribution in [1.82, 2.24) is 14.1 Å². The molecule has 7 heteroatoms. The van der Waals surface area contributed by atoms with Crippen LogP contribution >= 0.6 is 0 Å². The van der Waals surface area contributed by atoms with Crippen molar-refractivity contribution >= 4 is 15.9 Å². The fourth-order valence-corrected chi connectivity index (χ4v) is 5.45. The minimum atomic E-state index is -3.31. The van der Waals surface area contributed by atoms with E-state index in [1.165, 1.54) is 0 Å². The fourth-order valence-electron chi connectivity index (χ4n) is 3.51. The molecule has 0 bridgehead atoms. The van der Waals surface area contributed by atoms with E-state index in [1.807, 2.05) is 18.2 Å². The summed E-state index contributed by atoms with van der Waals surface area (Å²) in [5.74, 6) is 0.317. The minimum absolute atomic E-state index is 0.0871. The number of benzene rings is 1. The summed E-state index contributed by atoms with van der Waals surface area (Å²) in [6, 6.07) is 9.02. The topological polar surface area (TPSA) is 60.9 Å². The van der Waals surface area contributed by atoms with Crippen molar-refractivity contribution in [2.45, 2.75) is 18.6 Å². The van der Waals surface area contributed by atoms with Crippen molar-refractivity contribution in [3.05, 3.63) is 35.9 Å². The quantitative estimate of drug-likeness (QED) is 0.758. The smallest absolute Gasteiger partial charge is 0.253 e. The largest absolute Gasteiger partial charge is 0.336 e. The van der Waals surface area contributed by atoms with Gasteiger partial charge in [0.15, 0.2) is 0 Å². The molecule has 25 heavy (non-hydrogen) atoms. The van der Waals surface area contributed by atoms with Crippen molar-refractivity contribution in [3.63, 3.8) is 0 Å². The highest BCUT2D eigenvalue weighted by molar-refractivity contribution is 7.89. The number of rotatable bonds is 6. The Morgan fingerprint density at radius 2 is 1.88 bits per heavy atom. The van der Waals surface area contributed by atoms with Gasteiger partial charge in [-0.05, 0) is 38.1 Å². The lowest BCUT2D eigenvalue weighted by atomic mass is 10.1. The molecule has 138 valence electrons. The summed E-state index contributed by atoms with van der Waals surface area (Å²) in [5.41, 5.74) is 0.613. The van der Waals surface area contributed by atoms with Crippen LogP contribution in [0.4, 0.5) is 0 Å². The molecule has 0 N–H and O–H groups in total. The highest BCUT2D eigenvalue weighted by atomic mass is 32.2. The van der Waals surface area contributed by atoms with Gasteiger partial charge in [0, 0.05) is 38.3 Å². The first kappa shape index (κ1) is 18.4. The lowest BCUT2D eigenvalue weighted by Crippen LogP contribution is -2.59. The molecule has 0 radical (unpaired) electrons. The molecule has 2 saturated heterocycles. The normalized spacial score (nSPS) is 22.4. The predicted octanol–water partition coefficient (Wildman–Crippen LogP) is 1.11. The molecule has 1 amide bonds. The Kier molecular flexibility index (Phi) is 5.46. The van der Waals surface area contributed by atoms with E-state index in [9.17, 15) is 13.2 Å². The number of nitrogens with zero attached hydrogens (tertiary/aromatic N) is 3. The number of hydrogen-bond acceptors (Lipinski definition) is 4. The maximum Gasteiger partial charge on any atom is 0.253 e. The summed E-state index contributed by atoms with van der Waals surface area (Å²) < 4.78 is 27.2. The summed E-state index contributed by atoms with van der Waals surface area (Å²) in [6.07, 6.45) is 0.920. The molecule has 0 aromatic heterocycles. The van der Waals surface area contributed by atoms with Crippen LogP contribution in [0.5, 0.6) is 0 Å². The van der Waals surface area contributed by atoms with E-state index in [0.29, 0.717) is 37.7 Å². The van der Waals surface area contributed by atoms with Crippen LogP contribution < -0.4 is 0 Å². The molecule has 1 aromatic carbocycles. The average Bonchev–Trinajstić information content (AvgIpc) is 3.03. The van der Waals surface area contributed by atoms with Crippen LogP contribution in [0.1, 0.15) is 23.7 Å². The first-order valence-corrected chi connectivity index (χ1v) is 10.4. The van der Waals surface area contributed by atoms with Gasteiger partial charge < -0.3 is 9.80 Å². The maximum atomic E-state index is 12.8. The van der Waals surface area contributed by atoms with E-state index in [2.05, 4.69) is 18.9 Å². The molecule has 2 aliphatic heterocycles. The van der Waals surface area contributed by atoms with Crippen molar-refractivity contribution in [2.24, 2.45) is 5.92 Å². The Balaban J connectivity index is 1.54. The van der Waals surface area contributed by atoms with Gasteiger partial charge in [0.1, 0.15) is 5.25 Å². The van der Waals surface area contributed by atoms with Crippen LogP contribution in [0.2, 0.25) is 0 Å². The fraction of sp³-hybridized carbons (Fsp3) is 0.611. The molecule has 2 aliphatic rings. The number of sulfonamides is 1. The molecule has 1 atom stereocenters. The van der Waals surface area contributed by atoms with Gasteiger partial charge in [-0.25, -0.2) is 12.7 Å². The van der Waals surface area contributed by atoms with E-state index >= 15 is 0 Å². The van der Waals surface area contributed by atoms with Crippen LogP contribution in [0.25, 0.3) is 0 Å². The molecular formula is C18H27N3O3S. The van der Waals surface area contributed by atoms with Crippen LogP contribution in [-0.2, 0) is 10.0 Å². The molecule has 0 unspecified atom stereocenters. The second-order valence-electron chi connectivity index (χ2n) is 7.11. The van der Waals surface area contributed by atoms with Crippen LogP contribution in [0.3, 0.4) is 0 Å². The van der Waals surface area contributed by atoms with E-state index in [1.54, 1.807) is 21.3 Å². The summed E-state index contributed by atoms with van der Waals surface area (Å²) >= 11 is 0. The SMILES string of the molecule is CCN(C)C[C@@H]1CCN(S(=O)(=O)C2CN(C(=O)c3ccccc3)C2)C1. The van der Waals surface area contributed by atoms with Gasteiger partial charge in [-0.2, -0.15) is 0 Å². The summed E-state index contributed by atoms with van der Waals surface area (Å²) in [5, 5.41) is -0.456. The van der Waals surface area contributed by atoms with Crippen molar-refractivity contribution in [1.29, 1.82) is 0 Å². The Hall–Kier alpha value is -1.44. The molecule has 0 saturated carbocycles. The second kappa shape index (κ2) is 7.43. The van der Waals surface area contributed by atoms with E-state index in [4.69, 9.17) is 0 Å². The Labute approximate surface area is 150 Å². The molecule has 3 rings (SSSR count).